The summed E-state index contributed by atoms with van der Waals surface area (Å²) in [6, 6.07) is 1.44. The quantitative estimate of drug-likeness (QED) is 0.836. The molecular formula is C16H31N3. The van der Waals surface area contributed by atoms with Crippen molar-refractivity contribution in [2.75, 3.05) is 39.8 Å². The summed E-state index contributed by atoms with van der Waals surface area (Å²) >= 11 is 0. The average molecular weight is 265 g/mol. The van der Waals surface area contributed by atoms with Crippen molar-refractivity contribution in [2.24, 2.45) is 11.3 Å². The van der Waals surface area contributed by atoms with Crippen molar-refractivity contribution in [3.63, 3.8) is 0 Å². The molecule has 0 aromatic heterocycles. The van der Waals surface area contributed by atoms with Crippen LogP contribution in [0.3, 0.4) is 0 Å². The van der Waals surface area contributed by atoms with Gasteiger partial charge in [-0.25, -0.2) is 0 Å². The second-order valence-corrected chi connectivity index (χ2v) is 7.64. The topological polar surface area (TPSA) is 18.5 Å². The minimum Gasteiger partial charge on any atom is -0.315 e. The van der Waals surface area contributed by atoms with Crippen LogP contribution < -0.4 is 5.32 Å². The molecule has 0 aromatic rings. The fraction of sp³-hybridized carbons (Fsp3) is 1.00. The number of rotatable bonds is 4. The summed E-state index contributed by atoms with van der Waals surface area (Å²) in [4.78, 5) is 5.46. The molecule has 3 rings (SSSR count). The minimum atomic E-state index is 0.463. The first kappa shape index (κ1) is 13.8. The zero-order valence-electron chi connectivity index (χ0n) is 13.0. The maximum atomic E-state index is 3.60. The molecule has 19 heavy (non-hydrogen) atoms. The maximum absolute atomic E-state index is 3.60. The van der Waals surface area contributed by atoms with Crippen molar-refractivity contribution >= 4 is 0 Å². The molecule has 1 N–H and O–H groups in total. The third kappa shape index (κ3) is 2.98. The summed E-state index contributed by atoms with van der Waals surface area (Å²) in [7, 11) is 2.15. The first-order valence-electron chi connectivity index (χ1n) is 8.24. The van der Waals surface area contributed by atoms with Crippen molar-refractivity contribution in [1.29, 1.82) is 0 Å². The summed E-state index contributed by atoms with van der Waals surface area (Å²) in [5.41, 5.74) is 0.463. The van der Waals surface area contributed by atoms with Gasteiger partial charge in [-0.1, -0.05) is 13.8 Å². The molecular weight excluding hydrogens is 234 g/mol. The molecule has 1 heterocycles. The molecule has 0 aromatic carbocycles. The Labute approximate surface area is 118 Å². The van der Waals surface area contributed by atoms with E-state index in [0.29, 0.717) is 11.5 Å². The molecule has 110 valence electrons. The van der Waals surface area contributed by atoms with Gasteiger partial charge in [0, 0.05) is 44.8 Å². The summed E-state index contributed by atoms with van der Waals surface area (Å²) in [6.07, 6.45) is 5.71. The van der Waals surface area contributed by atoms with E-state index in [2.05, 4.69) is 36.0 Å². The molecule has 0 bridgehead atoms. The number of hydrogen-bond donors (Lipinski definition) is 1. The molecule has 2 aliphatic carbocycles. The van der Waals surface area contributed by atoms with Crippen LogP contribution in [0.2, 0.25) is 0 Å². The van der Waals surface area contributed by atoms with Gasteiger partial charge in [-0.3, -0.25) is 4.90 Å². The normalized spacial score (nSPS) is 36.8. The Balaban J connectivity index is 1.53. The van der Waals surface area contributed by atoms with Crippen LogP contribution in [0.25, 0.3) is 0 Å². The largest absolute Gasteiger partial charge is 0.315 e. The van der Waals surface area contributed by atoms with Crippen molar-refractivity contribution in [2.45, 2.75) is 51.6 Å². The lowest BCUT2D eigenvalue weighted by Gasteiger charge is -2.42. The predicted octanol–water partition coefficient (Wildman–Crippen LogP) is 1.79. The van der Waals surface area contributed by atoms with Gasteiger partial charge in [0.25, 0.3) is 0 Å². The van der Waals surface area contributed by atoms with E-state index < -0.39 is 0 Å². The Hall–Kier alpha value is -0.120. The molecule has 3 heteroatoms. The van der Waals surface area contributed by atoms with Crippen molar-refractivity contribution in [1.82, 2.24) is 15.1 Å². The number of piperazine rings is 1. The molecule has 3 aliphatic rings. The van der Waals surface area contributed by atoms with Gasteiger partial charge in [0.15, 0.2) is 0 Å². The fourth-order valence-electron chi connectivity index (χ4n) is 4.28. The van der Waals surface area contributed by atoms with Gasteiger partial charge in [-0.2, -0.15) is 0 Å². The zero-order chi connectivity index (χ0) is 13.5. The van der Waals surface area contributed by atoms with Crippen LogP contribution >= 0.6 is 0 Å². The molecule has 1 saturated heterocycles. The van der Waals surface area contributed by atoms with Gasteiger partial charge in [0.2, 0.25) is 0 Å². The molecule has 3 fully saturated rings. The second kappa shape index (κ2) is 5.34. The third-order valence-corrected chi connectivity index (χ3v) is 5.71. The van der Waals surface area contributed by atoms with Crippen molar-refractivity contribution in [3.05, 3.63) is 0 Å². The van der Waals surface area contributed by atoms with Crippen LogP contribution in [-0.4, -0.2) is 61.7 Å². The SMILES string of the molecule is CNC1C(N2CCN(CC3CC3)CC2)CCC1(C)C. The highest BCUT2D eigenvalue weighted by molar-refractivity contribution is 5.01. The average Bonchev–Trinajstić information content (AvgIpc) is 3.13. The van der Waals surface area contributed by atoms with E-state index in [1.807, 2.05) is 0 Å². The fourth-order valence-corrected chi connectivity index (χ4v) is 4.28. The van der Waals surface area contributed by atoms with E-state index in [0.717, 1.165) is 12.0 Å². The van der Waals surface area contributed by atoms with Crippen LogP contribution in [0.1, 0.15) is 39.5 Å². The van der Waals surface area contributed by atoms with Gasteiger partial charge in [0.1, 0.15) is 0 Å². The lowest BCUT2D eigenvalue weighted by atomic mass is 9.86. The van der Waals surface area contributed by atoms with Crippen LogP contribution in [0, 0.1) is 11.3 Å². The van der Waals surface area contributed by atoms with E-state index >= 15 is 0 Å². The first-order chi connectivity index (χ1) is 9.10. The standard InChI is InChI=1S/C16H31N3/c1-16(2)7-6-14(15(16)17-3)19-10-8-18(9-11-19)12-13-4-5-13/h13-15,17H,4-12H2,1-3H3. The van der Waals surface area contributed by atoms with Gasteiger partial charge >= 0.3 is 0 Å². The van der Waals surface area contributed by atoms with Crippen LogP contribution in [0.4, 0.5) is 0 Å². The predicted molar refractivity (Wildman–Crippen MR) is 80.4 cm³/mol. The Morgan fingerprint density at radius 2 is 1.74 bits per heavy atom. The lowest BCUT2D eigenvalue weighted by Crippen LogP contribution is -2.56. The molecule has 0 amide bonds. The van der Waals surface area contributed by atoms with Gasteiger partial charge < -0.3 is 10.2 Å². The Kier molecular flexibility index (Phi) is 3.89. The smallest absolute Gasteiger partial charge is 0.0271 e. The Bertz CT molecular complexity index is 303. The highest BCUT2D eigenvalue weighted by Gasteiger charge is 2.44. The molecule has 2 atom stereocenters. The number of hydrogen-bond acceptors (Lipinski definition) is 3. The molecule has 2 saturated carbocycles. The number of likely N-dealkylation sites (N-methyl/N-ethyl adjacent to an activating group) is 1. The van der Waals surface area contributed by atoms with Crippen molar-refractivity contribution < 1.29 is 0 Å². The Morgan fingerprint density at radius 3 is 2.32 bits per heavy atom. The Morgan fingerprint density at radius 1 is 1.05 bits per heavy atom. The molecule has 3 nitrogen and oxygen atoms in total. The van der Waals surface area contributed by atoms with Crippen LogP contribution in [0.5, 0.6) is 0 Å². The lowest BCUT2D eigenvalue weighted by molar-refractivity contribution is 0.0759. The molecule has 0 radical (unpaired) electrons. The molecule has 1 aliphatic heterocycles. The molecule has 0 spiro atoms. The van der Waals surface area contributed by atoms with Gasteiger partial charge in [-0.05, 0) is 44.1 Å². The summed E-state index contributed by atoms with van der Waals surface area (Å²) < 4.78 is 0. The molecule has 2 unspecified atom stereocenters. The zero-order valence-corrected chi connectivity index (χ0v) is 13.0. The summed E-state index contributed by atoms with van der Waals surface area (Å²) in [5, 5.41) is 3.60. The van der Waals surface area contributed by atoms with E-state index in [1.54, 1.807) is 0 Å². The minimum absolute atomic E-state index is 0.463. The monoisotopic (exact) mass is 265 g/mol. The first-order valence-corrected chi connectivity index (χ1v) is 8.24. The van der Waals surface area contributed by atoms with Gasteiger partial charge in [0.05, 0.1) is 0 Å². The number of nitrogens with zero attached hydrogens (tertiary/aromatic N) is 2. The highest BCUT2D eigenvalue weighted by Crippen LogP contribution is 2.40. The van der Waals surface area contributed by atoms with Crippen molar-refractivity contribution in [3.8, 4) is 0 Å². The maximum Gasteiger partial charge on any atom is 0.0271 e. The van der Waals surface area contributed by atoms with E-state index in [1.165, 1.54) is 58.4 Å². The van der Waals surface area contributed by atoms with Crippen LogP contribution in [-0.2, 0) is 0 Å². The summed E-state index contributed by atoms with van der Waals surface area (Å²) in [6.45, 7) is 11.4. The second-order valence-electron chi connectivity index (χ2n) is 7.64. The van der Waals surface area contributed by atoms with Crippen LogP contribution in [0.15, 0.2) is 0 Å². The van der Waals surface area contributed by atoms with E-state index in [4.69, 9.17) is 0 Å². The summed E-state index contributed by atoms with van der Waals surface area (Å²) in [5.74, 6) is 1.04. The van der Waals surface area contributed by atoms with E-state index in [9.17, 15) is 0 Å². The third-order valence-electron chi connectivity index (χ3n) is 5.71. The highest BCUT2D eigenvalue weighted by atomic mass is 15.3. The van der Waals surface area contributed by atoms with E-state index in [-0.39, 0.29) is 0 Å². The number of nitrogens with one attached hydrogen (secondary N) is 1. The van der Waals surface area contributed by atoms with Gasteiger partial charge in [-0.15, -0.1) is 0 Å².